The van der Waals surface area contributed by atoms with E-state index in [1.165, 1.54) is 51.4 Å². The molecule has 0 aliphatic rings. The van der Waals surface area contributed by atoms with Crippen LogP contribution in [0.5, 0.6) is 0 Å². The van der Waals surface area contributed by atoms with Crippen LogP contribution in [0.4, 0.5) is 0 Å². The third-order valence-corrected chi connectivity index (χ3v) is 3.28. The first-order valence-electron chi connectivity index (χ1n) is 7.02. The van der Waals surface area contributed by atoms with E-state index >= 15 is 0 Å². The van der Waals surface area contributed by atoms with E-state index in [4.69, 9.17) is 10.8 Å². The van der Waals surface area contributed by atoms with Crippen LogP contribution in [0.2, 0.25) is 0 Å². The lowest BCUT2D eigenvalue weighted by Gasteiger charge is -2.23. The SMILES string of the molecule is CCCCCCCCCCC(C)(N)CCO.Cl. The van der Waals surface area contributed by atoms with Crippen LogP contribution in [0.1, 0.15) is 78.1 Å². The average molecular weight is 266 g/mol. The van der Waals surface area contributed by atoms with Crippen molar-refractivity contribution in [3.63, 3.8) is 0 Å². The molecule has 0 aliphatic heterocycles. The molecule has 2 nitrogen and oxygen atoms in total. The van der Waals surface area contributed by atoms with Crippen molar-refractivity contribution in [2.45, 2.75) is 83.6 Å². The Morgan fingerprint density at radius 1 is 0.882 bits per heavy atom. The van der Waals surface area contributed by atoms with Crippen molar-refractivity contribution in [1.82, 2.24) is 0 Å². The summed E-state index contributed by atoms with van der Waals surface area (Å²) in [6, 6.07) is 0. The quantitative estimate of drug-likeness (QED) is 0.554. The van der Waals surface area contributed by atoms with Gasteiger partial charge in [0.1, 0.15) is 0 Å². The minimum atomic E-state index is -0.156. The summed E-state index contributed by atoms with van der Waals surface area (Å²) >= 11 is 0. The van der Waals surface area contributed by atoms with E-state index in [0.717, 1.165) is 12.8 Å². The van der Waals surface area contributed by atoms with Gasteiger partial charge in [0, 0.05) is 12.1 Å². The molecule has 0 radical (unpaired) electrons. The maximum atomic E-state index is 8.85. The van der Waals surface area contributed by atoms with Crippen LogP contribution in [-0.4, -0.2) is 17.3 Å². The summed E-state index contributed by atoms with van der Waals surface area (Å²) in [5.41, 5.74) is 5.89. The van der Waals surface area contributed by atoms with Crippen molar-refractivity contribution in [1.29, 1.82) is 0 Å². The Kier molecular flexibility index (Phi) is 14.6. The van der Waals surface area contributed by atoms with Gasteiger partial charge in [0.2, 0.25) is 0 Å². The maximum Gasteiger partial charge on any atom is 0.0448 e. The number of halogens is 1. The fourth-order valence-corrected chi connectivity index (χ4v) is 2.04. The number of nitrogens with two attached hydrogens (primary N) is 1. The normalized spacial score (nSPS) is 14.1. The number of hydrogen-bond acceptors (Lipinski definition) is 2. The van der Waals surface area contributed by atoms with Crippen molar-refractivity contribution in [2.75, 3.05) is 6.61 Å². The summed E-state index contributed by atoms with van der Waals surface area (Å²) in [7, 11) is 0. The third-order valence-electron chi connectivity index (χ3n) is 3.28. The predicted octanol–water partition coefficient (Wildman–Crippen LogP) is 4.04. The van der Waals surface area contributed by atoms with Gasteiger partial charge in [-0.2, -0.15) is 0 Å². The van der Waals surface area contributed by atoms with Crippen molar-refractivity contribution in [3.8, 4) is 0 Å². The van der Waals surface area contributed by atoms with E-state index in [1.807, 2.05) is 6.92 Å². The zero-order valence-electron chi connectivity index (χ0n) is 11.7. The van der Waals surface area contributed by atoms with Crippen molar-refractivity contribution in [2.24, 2.45) is 5.73 Å². The number of rotatable bonds is 11. The maximum absolute atomic E-state index is 8.85. The molecule has 1 atom stereocenters. The highest BCUT2D eigenvalue weighted by Gasteiger charge is 2.16. The molecule has 0 saturated carbocycles. The molecule has 3 heteroatoms. The van der Waals surface area contributed by atoms with Gasteiger partial charge in [-0.25, -0.2) is 0 Å². The first kappa shape index (κ1) is 19.5. The second-order valence-electron chi connectivity index (χ2n) is 5.35. The first-order chi connectivity index (χ1) is 7.62. The molecule has 0 rings (SSSR count). The fourth-order valence-electron chi connectivity index (χ4n) is 2.04. The third kappa shape index (κ3) is 14.1. The van der Waals surface area contributed by atoms with Gasteiger partial charge in [-0.3, -0.25) is 0 Å². The largest absolute Gasteiger partial charge is 0.396 e. The van der Waals surface area contributed by atoms with Crippen LogP contribution in [-0.2, 0) is 0 Å². The Labute approximate surface area is 114 Å². The monoisotopic (exact) mass is 265 g/mol. The summed E-state index contributed by atoms with van der Waals surface area (Å²) in [5.74, 6) is 0. The minimum Gasteiger partial charge on any atom is -0.396 e. The Hall–Kier alpha value is 0.210. The van der Waals surface area contributed by atoms with Gasteiger partial charge in [0.05, 0.1) is 0 Å². The molecule has 0 amide bonds. The molecule has 0 aromatic rings. The highest BCUT2D eigenvalue weighted by molar-refractivity contribution is 5.85. The second-order valence-corrected chi connectivity index (χ2v) is 5.35. The second kappa shape index (κ2) is 12.7. The summed E-state index contributed by atoms with van der Waals surface area (Å²) in [6.45, 7) is 4.51. The van der Waals surface area contributed by atoms with E-state index in [9.17, 15) is 0 Å². The number of unbranched alkanes of at least 4 members (excludes halogenated alkanes) is 7. The lowest BCUT2D eigenvalue weighted by Crippen LogP contribution is -2.36. The summed E-state index contributed by atoms with van der Waals surface area (Å²) in [6.07, 6.45) is 12.5. The highest BCUT2D eigenvalue weighted by Crippen LogP contribution is 2.16. The van der Waals surface area contributed by atoms with Gasteiger partial charge in [0.15, 0.2) is 0 Å². The Bertz CT molecular complexity index is 151. The minimum absolute atomic E-state index is 0. The lowest BCUT2D eigenvalue weighted by atomic mass is 9.92. The smallest absolute Gasteiger partial charge is 0.0448 e. The fraction of sp³-hybridized carbons (Fsp3) is 1.00. The molecule has 0 aromatic carbocycles. The van der Waals surface area contributed by atoms with E-state index in [0.29, 0.717) is 0 Å². The van der Waals surface area contributed by atoms with Crippen LogP contribution in [0.15, 0.2) is 0 Å². The van der Waals surface area contributed by atoms with E-state index in [-0.39, 0.29) is 24.6 Å². The molecule has 0 saturated heterocycles. The predicted molar refractivity (Wildman–Crippen MR) is 78.8 cm³/mol. The van der Waals surface area contributed by atoms with Gasteiger partial charge >= 0.3 is 0 Å². The number of aliphatic hydroxyl groups excluding tert-OH is 1. The Morgan fingerprint density at radius 2 is 1.35 bits per heavy atom. The van der Waals surface area contributed by atoms with E-state index < -0.39 is 0 Å². The van der Waals surface area contributed by atoms with E-state index in [2.05, 4.69) is 6.92 Å². The van der Waals surface area contributed by atoms with Gasteiger partial charge in [-0.1, -0.05) is 58.3 Å². The standard InChI is InChI=1S/C14H31NO.ClH/c1-3-4-5-6-7-8-9-10-11-14(2,15)12-13-16;/h16H,3-13,15H2,1-2H3;1H. The van der Waals surface area contributed by atoms with Gasteiger partial charge in [-0.05, 0) is 19.8 Å². The zero-order valence-corrected chi connectivity index (χ0v) is 12.5. The number of aliphatic hydroxyl groups is 1. The van der Waals surface area contributed by atoms with Gasteiger partial charge in [-0.15, -0.1) is 12.4 Å². The molecule has 0 bridgehead atoms. The summed E-state index contributed by atoms with van der Waals surface area (Å²) in [5, 5.41) is 8.85. The topological polar surface area (TPSA) is 46.2 Å². The van der Waals surface area contributed by atoms with Gasteiger partial charge < -0.3 is 10.8 Å². The first-order valence-corrected chi connectivity index (χ1v) is 7.02. The summed E-state index contributed by atoms with van der Waals surface area (Å²) < 4.78 is 0. The highest BCUT2D eigenvalue weighted by atomic mass is 35.5. The molecule has 106 valence electrons. The van der Waals surface area contributed by atoms with Crippen molar-refractivity contribution < 1.29 is 5.11 Å². The molecule has 17 heavy (non-hydrogen) atoms. The number of hydrogen-bond donors (Lipinski definition) is 2. The van der Waals surface area contributed by atoms with Gasteiger partial charge in [0.25, 0.3) is 0 Å². The average Bonchev–Trinajstić information content (AvgIpc) is 2.22. The van der Waals surface area contributed by atoms with Crippen LogP contribution in [0, 0.1) is 0 Å². The molecule has 0 aliphatic carbocycles. The molecular weight excluding hydrogens is 234 g/mol. The lowest BCUT2D eigenvalue weighted by molar-refractivity contribution is 0.237. The van der Waals surface area contributed by atoms with Crippen LogP contribution in [0.3, 0.4) is 0 Å². The molecule has 3 N–H and O–H groups in total. The summed E-state index contributed by atoms with van der Waals surface area (Å²) in [4.78, 5) is 0. The molecule has 0 heterocycles. The Balaban J connectivity index is 0. The molecular formula is C14H32ClNO. The van der Waals surface area contributed by atoms with Crippen LogP contribution >= 0.6 is 12.4 Å². The molecule has 0 aromatic heterocycles. The molecule has 0 spiro atoms. The molecule has 0 fully saturated rings. The van der Waals surface area contributed by atoms with Crippen LogP contribution in [0.25, 0.3) is 0 Å². The molecule has 1 unspecified atom stereocenters. The van der Waals surface area contributed by atoms with Crippen molar-refractivity contribution >= 4 is 12.4 Å². The zero-order chi connectivity index (χ0) is 12.3. The Morgan fingerprint density at radius 3 is 1.82 bits per heavy atom. The van der Waals surface area contributed by atoms with E-state index in [1.54, 1.807) is 0 Å². The van der Waals surface area contributed by atoms with Crippen LogP contribution < -0.4 is 5.73 Å². The van der Waals surface area contributed by atoms with Crippen molar-refractivity contribution in [3.05, 3.63) is 0 Å².